The van der Waals surface area contributed by atoms with E-state index in [0.717, 1.165) is 35.5 Å². The number of carbonyl (C=O) groups is 1. The van der Waals surface area contributed by atoms with Gasteiger partial charge in [-0.05, 0) is 64.2 Å². The maximum atomic E-state index is 13.4. The lowest BCUT2D eigenvalue weighted by atomic mass is 9.74. The molecule has 5 nitrogen and oxygen atoms in total. The van der Waals surface area contributed by atoms with Crippen LogP contribution in [0.5, 0.6) is 11.5 Å². The largest absolute Gasteiger partial charge is 0.454 e. The highest BCUT2D eigenvalue weighted by Gasteiger charge is 2.36. The summed E-state index contributed by atoms with van der Waals surface area (Å²) in [7, 11) is 0. The minimum absolute atomic E-state index is 0.0925. The first-order valence-corrected chi connectivity index (χ1v) is 10.0. The average molecular weight is 450 g/mol. The van der Waals surface area contributed by atoms with E-state index in [1.54, 1.807) is 12.1 Å². The summed E-state index contributed by atoms with van der Waals surface area (Å²) in [6.45, 7) is 2.04. The van der Waals surface area contributed by atoms with Crippen molar-refractivity contribution in [3.8, 4) is 11.5 Å². The van der Waals surface area contributed by atoms with Crippen LogP contribution in [-0.4, -0.2) is 32.5 Å². The van der Waals surface area contributed by atoms with Crippen molar-refractivity contribution in [1.29, 1.82) is 0 Å². The molecule has 0 aromatic heterocycles. The van der Waals surface area contributed by atoms with Crippen molar-refractivity contribution in [1.82, 2.24) is 5.32 Å². The Bertz CT molecular complexity index is 883. The summed E-state index contributed by atoms with van der Waals surface area (Å²) in [5.41, 5.74) is 1.66. The van der Waals surface area contributed by atoms with Gasteiger partial charge in [-0.2, -0.15) is 0 Å². The first-order valence-electron chi connectivity index (χ1n) is 9.24. The second kappa shape index (κ2) is 8.09. The number of nitrogens with one attached hydrogen (secondary N) is 1. The van der Waals surface area contributed by atoms with E-state index >= 15 is 0 Å². The lowest BCUT2D eigenvalue weighted by Gasteiger charge is -2.38. The van der Waals surface area contributed by atoms with E-state index in [1.165, 1.54) is 6.07 Å². The molecule has 1 amide bonds. The fourth-order valence-electron chi connectivity index (χ4n) is 3.72. The van der Waals surface area contributed by atoms with Gasteiger partial charge in [0.25, 0.3) is 0 Å². The minimum Gasteiger partial charge on any atom is -0.454 e. The monoisotopic (exact) mass is 449 g/mol. The molecule has 0 radical (unpaired) electrons. The smallest absolute Gasteiger partial charge is 0.231 e. The van der Waals surface area contributed by atoms with Gasteiger partial charge in [0, 0.05) is 25.2 Å². The molecule has 4 rings (SSSR count). The van der Waals surface area contributed by atoms with Gasteiger partial charge in [0.1, 0.15) is 5.82 Å². The van der Waals surface area contributed by atoms with Crippen LogP contribution in [0.25, 0.3) is 0 Å². The minimum atomic E-state index is -0.340. The third-order valence-corrected chi connectivity index (χ3v) is 6.02. The number of ether oxygens (including phenoxy) is 3. The molecule has 7 heteroatoms. The van der Waals surface area contributed by atoms with Crippen LogP contribution in [0.1, 0.15) is 24.0 Å². The van der Waals surface area contributed by atoms with Crippen LogP contribution in [0.4, 0.5) is 4.39 Å². The summed E-state index contributed by atoms with van der Waals surface area (Å²) in [5.74, 6) is 1.06. The van der Waals surface area contributed by atoms with E-state index in [0.29, 0.717) is 24.2 Å². The second-order valence-electron chi connectivity index (χ2n) is 7.16. The average Bonchev–Trinajstić information content (AvgIpc) is 3.18. The topological polar surface area (TPSA) is 56.8 Å². The van der Waals surface area contributed by atoms with Crippen molar-refractivity contribution in [3.05, 3.63) is 57.8 Å². The van der Waals surface area contributed by atoms with Crippen molar-refractivity contribution in [2.24, 2.45) is 0 Å². The van der Waals surface area contributed by atoms with Crippen LogP contribution in [0.2, 0.25) is 0 Å². The van der Waals surface area contributed by atoms with E-state index in [2.05, 4.69) is 21.2 Å². The van der Waals surface area contributed by atoms with Crippen molar-refractivity contribution in [2.45, 2.75) is 24.7 Å². The fourth-order valence-corrected chi connectivity index (χ4v) is 4.15. The molecule has 0 spiro atoms. The molecule has 0 saturated carbocycles. The second-order valence-corrected chi connectivity index (χ2v) is 8.02. The van der Waals surface area contributed by atoms with Crippen LogP contribution in [0.3, 0.4) is 0 Å². The Morgan fingerprint density at radius 1 is 1.11 bits per heavy atom. The quantitative estimate of drug-likeness (QED) is 0.755. The third-order valence-electron chi connectivity index (χ3n) is 5.41. The Morgan fingerprint density at radius 3 is 2.68 bits per heavy atom. The Kier molecular flexibility index (Phi) is 5.55. The van der Waals surface area contributed by atoms with Gasteiger partial charge >= 0.3 is 0 Å². The highest BCUT2D eigenvalue weighted by atomic mass is 79.9. The van der Waals surface area contributed by atoms with Gasteiger partial charge in [-0.25, -0.2) is 4.39 Å². The summed E-state index contributed by atoms with van der Waals surface area (Å²) in [5, 5.41) is 3.07. The highest BCUT2D eigenvalue weighted by molar-refractivity contribution is 9.10. The van der Waals surface area contributed by atoms with Gasteiger partial charge in [-0.1, -0.05) is 12.1 Å². The van der Waals surface area contributed by atoms with Crippen molar-refractivity contribution in [3.63, 3.8) is 0 Å². The maximum Gasteiger partial charge on any atom is 0.231 e. The van der Waals surface area contributed by atoms with Crippen LogP contribution in [0.15, 0.2) is 40.9 Å². The SMILES string of the molecule is O=C(Cc1ccc(F)c(Br)c1)NCC1(c2ccc3c(c2)OCO3)CCOCC1. The van der Waals surface area contributed by atoms with Crippen LogP contribution >= 0.6 is 15.9 Å². The lowest BCUT2D eigenvalue weighted by Crippen LogP contribution is -2.45. The molecule has 2 heterocycles. The molecule has 2 aromatic rings. The molecule has 2 aliphatic rings. The Hall–Kier alpha value is -2.12. The standard InChI is InChI=1S/C21H21BrFNO4/c22-16-9-14(1-3-17(16)23)10-20(25)24-12-21(5-7-26-8-6-21)15-2-4-18-19(11-15)28-13-27-18/h1-4,9,11H,5-8,10,12-13H2,(H,24,25). The molecule has 1 saturated heterocycles. The van der Waals surface area contributed by atoms with Crippen LogP contribution in [-0.2, 0) is 21.4 Å². The Balaban J connectivity index is 1.47. The first kappa shape index (κ1) is 19.2. The van der Waals surface area contributed by atoms with E-state index in [-0.39, 0.29) is 30.4 Å². The molecule has 0 unspecified atom stereocenters. The highest BCUT2D eigenvalue weighted by Crippen LogP contribution is 2.40. The zero-order valence-corrected chi connectivity index (χ0v) is 16.9. The van der Waals surface area contributed by atoms with E-state index in [4.69, 9.17) is 14.2 Å². The molecular weight excluding hydrogens is 429 g/mol. The first-order chi connectivity index (χ1) is 13.6. The molecule has 0 aliphatic carbocycles. The molecule has 148 valence electrons. The number of hydrogen-bond acceptors (Lipinski definition) is 4. The van der Waals surface area contributed by atoms with Crippen LogP contribution in [0, 0.1) is 5.82 Å². The van der Waals surface area contributed by atoms with Gasteiger partial charge in [-0.3, -0.25) is 4.79 Å². The predicted octanol–water partition coefficient (Wildman–Crippen LogP) is 3.72. The third kappa shape index (κ3) is 4.00. The van der Waals surface area contributed by atoms with Gasteiger partial charge in [-0.15, -0.1) is 0 Å². The van der Waals surface area contributed by atoms with Gasteiger partial charge < -0.3 is 19.5 Å². The molecule has 2 aromatic carbocycles. The molecule has 0 bridgehead atoms. The lowest BCUT2D eigenvalue weighted by molar-refractivity contribution is -0.120. The number of fused-ring (bicyclic) bond motifs is 1. The summed E-state index contributed by atoms with van der Waals surface area (Å²) >= 11 is 3.16. The maximum absolute atomic E-state index is 13.4. The number of carbonyl (C=O) groups excluding carboxylic acids is 1. The van der Waals surface area contributed by atoms with Gasteiger partial charge in [0.2, 0.25) is 12.7 Å². The molecule has 2 aliphatic heterocycles. The summed E-state index contributed by atoms with van der Waals surface area (Å²) in [4.78, 5) is 12.5. The van der Waals surface area contributed by atoms with Gasteiger partial charge in [0.05, 0.1) is 10.9 Å². The normalized spacial score (nSPS) is 17.4. The van der Waals surface area contributed by atoms with Crippen molar-refractivity contribution in [2.75, 3.05) is 26.6 Å². The van der Waals surface area contributed by atoms with E-state index in [1.807, 2.05) is 18.2 Å². The van der Waals surface area contributed by atoms with Crippen LogP contribution < -0.4 is 14.8 Å². The molecule has 28 heavy (non-hydrogen) atoms. The molecule has 1 N–H and O–H groups in total. The number of benzene rings is 2. The van der Waals surface area contributed by atoms with Crippen molar-refractivity contribution >= 4 is 21.8 Å². The summed E-state index contributed by atoms with van der Waals surface area (Å²) in [6.07, 6.45) is 1.83. The zero-order chi connectivity index (χ0) is 19.6. The predicted molar refractivity (Wildman–Crippen MR) is 105 cm³/mol. The zero-order valence-electron chi connectivity index (χ0n) is 15.3. The van der Waals surface area contributed by atoms with Gasteiger partial charge in [0.15, 0.2) is 11.5 Å². The van der Waals surface area contributed by atoms with Crippen molar-refractivity contribution < 1.29 is 23.4 Å². The number of rotatable bonds is 5. The number of hydrogen-bond donors (Lipinski definition) is 1. The summed E-state index contributed by atoms with van der Waals surface area (Å²) < 4.78 is 30.2. The number of halogens is 2. The molecular formula is C21H21BrFNO4. The molecule has 1 fully saturated rings. The van der Waals surface area contributed by atoms with E-state index in [9.17, 15) is 9.18 Å². The van der Waals surface area contributed by atoms with E-state index < -0.39 is 0 Å². The Labute approximate surface area is 171 Å². The number of amides is 1. The summed E-state index contributed by atoms with van der Waals surface area (Å²) in [6, 6.07) is 10.6. The molecule has 0 atom stereocenters. The Morgan fingerprint density at radius 2 is 1.89 bits per heavy atom. The fraction of sp³-hybridized carbons (Fsp3) is 0.381.